The summed E-state index contributed by atoms with van der Waals surface area (Å²) in [6.07, 6.45) is 2.94. The monoisotopic (exact) mass is 263 g/mol. The zero-order valence-electron chi connectivity index (χ0n) is 12.0. The first-order valence-corrected chi connectivity index (χ1v) is 7.28. The van der Waals surface area contributed by atoms with Crippen molar-refractivity contribution in [1.29, 1.82) is 0 Å². The molecule has 0 aliphatic carbocycles. The summed E-state index contributed by atoms with van der Waals surface area (Å²) >= 11 is 0. The second-order valence-corrected chi connectivity index (χ2v) is 5.82. The Balaban J connectivity index is 2.22. The van der Waals surface area contributed by atoms with E-state index in [4.69, 9.17) is 0 Å². The van der Waals surface area contributed by atoms with Gasteiger partial charge in [-0.1, -0.05) is 25.1 Å². The van der Waals surface area contributed by atoms with Crippen molar-refractivity contribution in [2.24, 2.45) is 0 Å². The van der Waals surface area contributed by atoms with Gasteiger partial charge in [-0.05, 0) is 38.7 Å². The first kappa shape index (κ1) is 14.4. The van der Waals surface area contributed by atoms with Crippen molar-refractivity contribution in [3.63, 3.8) is 0 Å². The van der Waals surface area contributed by atoms with E-state index in [1.807, 2.05) is 32.0 Å². The quantitative estimate of drug-likeness (QED) is 0.881. The fraction of sp³-hybridized carbons (Fsp3) is 0.625. The van der Waals surface area contributed by atoms with Crippen LogP contribution >= 0.6 is 0 Å². The van der Waals surface area contributed by atoms with E-state index in [2.05, 4.69) is 11.0 Å². The van der Waals surface area contributed by atoms with Crippen molar-refractivity contribution in [3.8, 4) is 0 Å². The van der Waals surface area contributed by atoms with Gasteiger partial charge in [0.1, 0.15) is 0 Å². The number of aliphatic hydroxyl groups is 2. The summed E-state index contributed by atoms with van der Waals surface area (Å²) in [4.78, 5) is 2.30. The fourth-order valence-electron chi connectivity index (χ4n) is 2.78. The predicted octanol–water partition coefficient (Wildman–Crippen LogP) is 2.87. The van der Waals surface area contributed by atoms with Crippen LogP contribution in [0.25, 0.3) is 0 Å². The molecule has 0 amide bonds. The summed E-state index contributed by atoms with van der Waals surface area (Å²) in [6, 6.07) is 8.08. The van der Waals surface area contributed by atoms with Crippen LogP contribution in [-0.2, 0) is 0 Å². The van der Waals surface area contributed by atoms with E-state index in [9.17, 15) is 10.2 Å². The molecule has 1 fully saturated rings. The summed E-state index contributed by atoms with van der Waals surface area (Å²) in [7, 11) is 0. The van der Waals surface area contributed by atoms with Gasteiger partial charge in [-0.3, -0.25) is 0 Å². The van der Waals surface area contributed by atoms with Crippen LogP contribution in [0.15, 0.2) is 24.3 Å². The number of aliphatic hydroxyl groups excluding tert-OH is 1. The minimum absolute atomic E-state index is 0.403. The van der Waals surface area contributed by atoms with E-state index in [0.29, 0.717) is 0 Å². The highest BCUT2D eigenvalue weighted by Crippen LogP contribution is 2.31. The Hall–Kier alpha value is -1.06. The molecule has 0 saturated carbocycles. The molecular formula is C16H25NO2. The molecule has 1 aliphatic heterocycles. The van der Waals surface area contributed by atoms with Gasteiger partial charge in [0, 0.05) is 24.3 Å². The van der Waals surface area contributed by atoms with Crippen LogP contribution in [0.2, 0.25) is 0 Å². The van der Waals surface area contributed by atoms with Crippen molar-refractivity contribution in [2.75, 3.05) is 18.0 Å². The molecule has 1 aromatic rings. The molecule has 2 N–H and O–H groups in total. The van der Waals surface area contributed by atoms with Crippen molar-refractivity contribution < 1.29 is 10.2 Å². The number of benzene rings is 1. The van der Waals surface area contributed by atoms with Gasteiger partial charge < -0.3 is 15.1 Å². The van der Waals surface area contributed by atoms with Crippen LogP contribution in [0.3, 0.4) is 0 Å². The fourth-order valence-corrected chi connectivity index (χ4v) is 2.78. The van der Waals surface area contributed by atoms with Crippen molar-refractivity contribution >= 4 is 5.69 Å². The standard InChI is InChI=1S/C16H25NO2/c1-3-15(18)13-7-4-5-8-14(13)17-11-6-9-16(2,19)10-12-17/h4-5,7-8,15,18-19H,3,6,9-12H2,1-2H3/t15-,16?/m0/s1. The normalized spacial score (nSPS) is 26.0. The lowest BCUT2D eigenvalue weighted by molar-refractivity contribution is 0.0481. The summed E-state index contributed by atoms with van der Waals surface area (Å²) in [5.74, 6) is 0. The molecule has 0 aromatic heterocycles. The molecule has 2 atom stereocenters. The summed E-state index contributed by atoms with van der Waals surface area (Å²) in [5, 5.41) is 20.3. The Bertz CT molecular complexity index is 417. The molecular weight excluding hydrogens is 238 g/mol. The van der Waals surface area contributed by atoms with Crippen LogP contribution in [0.5, 0.6) is 0 Å². The van der Waals surface area contributed by atoms with Gasteiger partial charge in [0.25, 0.3) is 0 Å². The molecule has 1 aromatic carbocycles. The maximum absolute atomic E-state index is 10.2. The van der Waals surface area contributed by atoms with Crippen LogP contribution in [-0.4, -0.2) is 28.9 Å². The summed E-state index contributed by atoms with van der Waals surface area (Å²) in [5.41, 5.74) is 1.58. The van der Waals surface area contributed by atoms with Crippen molar-refractivity contribution in [2.45, 2.75) is 51.2 Å². The molecule has 0 radical (unpaired) electrons. The number of rotatable bonds is 3. The Morgan fingerprint density at radius 2 is 2.00 bits per heavy atom. The van der Waals surface area contributed by atoms with Gasteiger partial charge in [-0.15, -0.1) is 0 Å². The highest BCUT2D eigenvalue weighted by Gasteiger charge is 2.26. The number of hydrogen-bond acceptors (Lipinski definition) is 3. The lowest BCUT2D eigenvalue weighted by Crippen LogP contribution is -2.29. The minimum atomic E-state index is -0.549. The van der Waals surface area contributed by atoms with Crippen LogP contribution < -0.4 is 4.90 Å². The number of hydrogen-bond donors (Lipinski definition) is 2. The van der Waals surface area contributed by atoms with Gasteiger partial charge >= 0.3 is 0 Å². The first-order chi connectivity index (χ1) is 9.03. The smallest absolute Gasteiger partial charge is 0.0807 e. The van der Waals surface area contributed by atoms with Gasteiger partial charge in [0.15, 0.2) is 0 Å². The van der Waals surface area contributed by atoms with Gasteiger partial charge in [0.05, 0.1) is 11.7 Å². The molecule has 106 valence electrons. The maximum Gasteiger partial charge on any atom is 0.0807 e. The van der Waals surface area contributed by atoms with Gasteiger partial charge in [-0.2, -0.15) is 0 Å². The lowest BCUT2D eigenvalue weighted by Gasteiger charge is -2.27. The number of anilines is 1. The Labute approximate surface area is 115 Å². The molecule has 3 nitrogen and oxygen atoms in total. The van der Waals surface area contributed by atoms with E-state index in [-0.39, 0.29) is 0 Å². The average molecular weight is 263 g/mol. The van der Waals surface area contributed by atoms with Gasteiger partial charge in [0.2, 0.25) is 0 Å². The van der Waals surface area contributed by atoms with Gasteiger partial charge in [-0.25, -0.2) is 0 Å². The first-order valence-electron chi connectivity index (χ1n) is 7.28. The second kappa shape index (κ2) is 5.93. The predicted molar refractivity (Wildman–Crippen MR) is 78.4 cm³/mol. The lowest BCUT2D eigenvalue weighted by atomic mass is 9.98. The maximum atomic E-state index is 10.2. The van der Waals surface area contributed by atoms with Crippen molar-refractivity contribution in [1.82, 2.24) is 0 Å². The largest absolute Gasteiger partial charge is 0.390 e. The number of para-hydroxylation sites is 1. The van der Waals surface area contributed by atoms with Crippen LogP contribution in [0, 0.1) is 0 Å². The van der Waals surface area contributed by atoms with E-state index in [1.54, 1.807) is 0 Å². The molecule has 3 heteroatoms. The van der Waals surface area contributed by atoms with E-state index in [1.165, 1.54) is 0 Å². The highest BCUT2D eigenvalue weighted by atomic mass is 16.3. The third-order valence-corrected chi connectivity index (χ3v) is 4.09. The Kier molecular flexibility index (Phi) is 4.48. The zero-order valence-corrected chi connectivity index (χ0v) is 12.0. The Morgan fingerprint density at radius 1 is 1.26 bits per heavy atom. The van der Waals surface area contributed by atoms with Crippen LogP contribution in [0.1, 0.15) is 51.2 Å². The molecule has 0 bridgehead atoms. The van der Waals surface area contributed by atoms with E-state index in [0.717, 1.165) is 50.0 Å². The molecule has 19 heavy (non-hydrogen) atoms. The molecule has 0 spiro atoms. The molecule has 1 saturated heterocycles. The second-order valence-electron chi connectivity index (χ2n) is 5.82. The topological polar surface area (TPSA) is 43.7 Å². The minimum Gasteiger partial charge on any atom is -0.390 e. The summed E-state index contributed by atoms with van der Waals surface area (Å²) < 4.78 is 0. The van der Waals surface area contributed by atoms with Crippen molar-refractivity contribution in [3.05, 3.63) is 29.8 Å². The molecule has 1 heterocycles. The van der Waals surface area contributed by atoms with E-state index < -0.39 is 11.7 Å². The SMILES string of the molecule is CC[C@H](O)c1ccccc1N1CCCC(C)(O)CC1. The summed E-state index contributed by atoms with van der Waals surface area (Å²) in [6.45, 7) is 5.71. The molecule has 2 rings (SSSR count). The number of nitrogens with zero attached hydrogens (tertiary/aromatic N) is 1. The molecule has 1 aliphatic rings. The third-order valence-electron chi connectivity index (χ3n) is 4.09. The Morgan fingerprint density at radius 3 is 2.74 bits per heavy atom. The highest BCUT2D eigenvalue weighted by molar-refractivity contribution is 5.54. The molecule has 1 unspecified atom stereocenters. The van der Waals surface area contributed by atoms with Crippen LogP contribution in [0.4, 0.5) is 5.69 Å². The van der Waals surface area contributed by atoms with E-state index >= 15 is 0 Å². The average Bonchev–Trinajstić information content (AvgIpc) is 2.59. The zero-order chi connectivity index (χ0) is 13.9. The third kappa shape index (κ3) is 3.48.